The molecule has 1 saturated carbocycles. The predicted octanol–water partition coefficient (Wildman–Crippen LogP) is 3.77. The van der Waals surface area contributed by atoms with Crippen molar-refractivity contribution in [2.45, 2.75) is 12.8 Å². The quantitative estimate of drug-likeness (QED) is 0.477. The average Bonchev–Trinajstić information content (AvgIpc) is 3.17. The van der Waals surface area contributed by atoms with Crippen LogP contribution in [0.4, 0.5) is 5.13 Å². The maximum atomic E-state index is 12.1. The standard InChI is InChI=1S/C20H15N7OS/c28-19(11-5-6-11)24-20-23-17-16(29-20)18(26-25-17)27-10-21-9-15(27)13-7-8-22-14-4-2-1-3-12(13)14/h1-4,7-11H,5-6H2,(H2,23,24,25,26,28). The Hall–Kier alpha value is -3.59. The van der Waals surface area contributed by atoms with Crippen LogP contribution in [0.3, 0.4) is 0 Å². The van der Waals surface area contributed by atoms with E-state index in [1.165, 1.54) is 11.3 Å². The minimum absolute atomic E-state index is 0.0440. The lowest BCUT2D eigenvalue weighted by atomic mass is 10.1. The van der Waals surface area contributed by atoms with Crippen molar-refractivity contribution in [3.8, 4) is 17.1 Å². The number of pyridine rings is 1. The number of amides is 1. The first kappa shape index (κ1) is 16.4. The second-order valence-corrected chi connectivity index (χ2v) is 8.03. The van der Waals surface area contributed by atoms with Gasteiger partial charge in [-0.1, -0.05) is 29.5 Å². The van der Waals surface area contributed by atoms with Crippen LogP contribution < -0.4 is 5.32 Å². The zero-order valence-corrected chi connectivity index (χ0v) is 16.0. The van der Waals surface area contributed by atoms with Gasteiger partial charge in [-0.3, -0.25) is 19.4 Å². The van der Waals surface area contributed by atoms with Gasteiger partial charge in [-0.2, -0.15) is 5.10 Å². The highest BCUT2D eigenvalue weighted by atomic mass is 32.1. The van der Waals surface area contributed by atoms with Gasteiger partial charge in [0.25, 0.3) is 0 Å². The SMILES string of the molecule is O=C(Nc1nc2[nH]nc(-n3cncc3-c3ccnc4ccccc34)c2s1)C1CC1. The van der Waals surface area contributed by atoms with Gasteiger partial charge < -0.3 is 5.32 Å². The Balaban J connectivity index is 1.45. The average molecular weight is 401 g/mol. The van der Waals surface area contributed by atoms with Crippen LogP contribution in [0.1, 0.15) is 12.8 Å². The summed E-state index contributed by atoms with van der Waals surface area (Å²) in [6, 6.07) is 9.99. The number of fused-ring (bicyclic) bond motifs is 2. The Morgan fingerprint density at radius 1 is 1.24 bits per heavy atom. The molecule has 4 aromatic heterocycles. The number of aromatic amines is 1. The van der Waals surface area contributed by atoms with E-state index in [-0.39, 0.29) is 11.8 Å². The molecule has 142 valence electrons. The molecule has 0 bridgehead atoms. The first-order valence-corrected chi connectivity index (χ1v) is 10.1. The van der Waals surface area contributed by atoms with Crippen molar-refractivity contribution < 1.29 is 4.79 Å². The number of rotatable bonds is 4. The maximum absolute atomic E-state index is 12.1. The summed E-state index contributed by atoms with van der Waals surface area (Å²) >= 11 is 1.41. The topological polar surface area (TPSA) is 101 Å². The van der Waals surface area contributed by atoms with Crippen LogP contribution in [0.25, 0.3) is 38.3 Å². The number of para-hydroxylation sites is 1. The highest BCUT2D eigenvalue weighted by Crippen LogP contribution is 2.35. The minimum atomic E-state index is 0.0440. The zero-order valence-electron chi connectivity index (χ0n) is 15.2. The third-order valence-electron chi connectivity index (χ3n) is 5.07. The van der Waals surface area contributed by atoms with E-state index in [4.69, 9.17) is 0 Å². The van der Waals surface area contributed by atoms with Crippen molar-refractivity contribution in [1.82, 2.24) is 29.7 Å². The smallest absolute Gasteiger partial charge is 0.229 e. The molecule has 9 heteroatoms. The number of aromatic nitrogens is 6. The van der Waals surface area contributed by atoms with Gasteiger partial charge >= 0.3 is 0 Å². The summed E-state index contributed by atoms with van der Waals surface area (Å²) in [5.74, 6) is 0.885. The van der Waals surface area contributed by atoms with E-state index in [0.29, 0.717) is 16.6 Å². The molecule has 0 aliphatic heterocycles. The van der Waals surface area contributed by atoms with Crippen LogP contribution >= 0.6 is 11.3 Å². The van der Waals surface area contributed by atoms with Gasteiger partial charge in [-0.25, -0.2) is 9.97 Å². The van der Waals surface area contributed by atoms with E-state index in [2.05, 4.69) is 30.5 Å². The molecule has 6 rings (SSSR count). The summed E-state index contributed by atoms with van der Waals surface area (Å²) in [7, 11) is 0. The first-order chi connectivity index (χ1) is 14.3. The van der Waals surface area contributed by atoms with Gasteiger partial charge in [0.2, 0.25) is 5.91 Å². The van der Waals surface area contributed by atoms with Crippen LogP contribution in [0.15, 0.2) is 49.1 Å². The normalized spacial score (nSPS) is 13.9. The van der Waals surface area contributed by atoms with Gasteiger partial charge in [0.15, 0.2) is 16.6 Å². The fourth-order valence-electron chi connectivity index (χ4n) is 3.46. The second kappa shape index (κ2) is 6.21. The molecule has 4 heterocycles. The van der Waals surface area contributed by atoms with Crippen LogP contribution in [-0.2, 0) is 4.79 Å². The highest BCUT2D eigenvalue weighted by Gasteiger charge is 2.30. The largest absolute Gasteiger partial charge is 0.302 e. The van der Waals surface area contributed by atoms with Crippen molar-refractivity contribution in [2.24, 2.45) is 5.92 Å². The number of benzene rings is 1. The van der Waals surface area contributed by atoms with E-state index < -0.39 is 0 Å². The molecular formula is C20H15N7OS. The Labute approximate surface area is 168 Å². The van der Waals surface area contributed by atoms with Crippen LogP contribution in [-0.4, -0.2) is 35.6 Å². The van der Waals surface area contributed by atoms with Gasteiger partial charge in [-0.15, -0.1) is 0 Å². The van der Waals surface area contributed by atoms with Crippen molar-refractivity contribution in [3.63, 3.8) is 0 Å². The molecule has 1 aromatic carbocycles. The Bertz CT molecular complexity index is 1370. The molecule has 2 N–H and O–H groups in total. The molecule has 0 radical (unpaired) electrons. The number of anilines is 1. The third kappa shape index (κ3) is 2.70. The lowest BCUT2D eigenvalue weighted by Crippen LogP contribution is -2.12. The molecule has 8 nitrogen and oxygen atoms in total. The fraction of sp³-hybridized carbons (Fsp3) is 0.150. The number of carbonyl (C=O) groups excluding carboxylic acids is 1. The molecule has 0 atom stereocenters. The van der Waals surface area contributed by atoms with E-state index in [1.807, 2.05) is 41.1 Å². The third-order valence-corrected chi connectivity index (χ3v) is 6.03. The van der Waals surface area contributed by atoms with Gasteiger partial charge in [0.05, 0.1) is 17.4 Å². The molecule has 0 saturated heterocycles. The molecule has 1 aliphatic rings. The first-order valence-electron chi connectivity index (χ1n) is 9.30. The Kier molecular flexibility index (Phi) is 3.51. The number of nitrogens with one attached hydrogen (secondary N) is 2. The summed E-state index contributed by atoms with van der Waals surface area (Å²) in [5.41, 5.74) is 3.51. The summed E-state index contributed by atoms with van der Waals surface area (Å²) in [6.07, 6.45) is 7.27. The van der Waals surface area contributed by atoms with Gasteiger partial charge in [0.1, 0.15) is 11.0 Å². The lowest BCUT2D eigenvalue weighted by molar-refractivity contribution is -0.117. The van der Waals surface area contributed by atoms with E-state index in [1.54, 1.807) is 12.5 Å². The number of imidazole rings is 1. The summed E-state index contributed by atoms with van der Waals surface area (Å²) in [6.45, 7) is 0. The number of carbonyl (C=O) groups is 1. The number of nitrogens with zero attached hydrogens (tertiary/aromatic N) is 5. The molecule has 0 spiro atoms. The van der Waals surface area contributed by atoms with Crippen molar-refractivity contribution in [1.29, 1.82) is 0 Å². The number of hydrogen-bond donors (Lipinski definition) is 2. The summed E-state index contributed by atoms with van der Waals surface area (Å²) in [5, 5.41) is 12.0. The minimum Gasteiger partial charge on any atom is -0.302 e. The zero-order chi connectivity index (χ0) is 19.4. The van der Waals surface area contributed by atoms with Crippen molar-refractivity contribution in [3.05, 3.63) is 49.1 Å². The molecular weight excluding hydrogens is 386 g/mol. The molecule has 1 aliphatic carbocycles. The molecule has 5 aromatic rings. The van der Waals surface area contributed by atoms with Crippen LogP contribution in [0.5, 0.6) is 0 Å². The fourth-order valence-corrected chi connectivity index (χ4v) is 4.36. The molecule has 29 heavy (non-hydrogen) atoms. The summed E-state index contributed by atoms with van der Waals surface area (Å²) in [4.78, 5) is 25.3. The van der Waals surface area contributed by atoms with Crippen LogP contribution in [0, 0.1) is 5.92 Å². The van der Waals surface area contributed by atoms with Crippen LogP contribution in [0.2, 0.25) is 0 Å². The monoisotopic (exact) mass is 401 g/mol. The van der Waals surface area contributed by atoms with Gasteiger partial charge in [0, 0.05) is 23.1 Å². The Morgan fingerprint density at radius 2 is 2.14 bits per heavy atom. The molecule has 1 fully saturated rings. The van der Waals surface area contributed by atoms with E-state index in [9.17, 15) is 4.79 Å². The molecule has 0 unspecified atom stereocenters. The second-order valence-electron chi connectivity index (χ2n) is 7.03. The number of H-pyrrole nitrogens is 1. The van der Waals surface area contributed by atoms with Gasteiger partial charge in [-0.05, 0) is 25.0 Å². The molecule has 1 amide bonds. The maximum Gasteiger partial charge on any atom is 0.229 e. The lowest BCUT2D eigenvalue weighted by Gasteiger charge is -2.08. The number of thiazole rings is 1. The summed E-state index contributed by atoms with van der Waals surface area (Å²) < 4.78 is 2.80. The van der Waals surface area contributed by atoms with E-state index >= 15 is 0 Å². The van der Waals surface area contributed by atoms with Crippen molar-refractivity contribution in [2.75, 3.05) is 5.32 Å². The highest BCUT2D eigenvalue weighted by molar-refractivity contribution is 7.22. The predicted molar refractivity (Wildman–Crippen MR) is 111 cm³/mol. The Morgan fingerprint density at radius 3 is 3.03 bits per heavy atom. The van der Waals surface area contributed by atoms with Crippen molar-refractivity contribution >= 4 is 43.6 Å². The number of hydrogen-bond acceptors (Lipinski definition) is 6. The van der Waals surface area contributed by atoms with E-state index in [0.717, 1.165) is 39.7 Å².